The van der Waals surface area contributed by atoms with Crippen molar-refractivity contribution >= 4 is 5.91 Å². The summed E-state index contributed by atoms with van der Waals surface area (Å²) in [6, 6.07) is 7.54. The van der Waals surface area contributed by atoms with E-state index in [1.54, 1.807) is 0 Å². The van der Waals surface area contributed by atoms with Crippen LogP contribution in [0.2, 0.25) is 0 Å². The molecule has 1 aromatic heterocycles. The number of hydrogen-bond donors (Lipinski definition) is 0. The zero-order chi connectivity index (χ0) is 19.5. The van der Waals surface area contributed by atoms with Gasteiger partial charge < -0.3 is 9.64 Å². The normalized spacial score (nSPS) is 11.5. The van der Waals surface area contributed by atoms with Crippen molar-refractivity contribution < 1.29 is 31.5 Å². The lowest BCUT2D eigenvalue weighted by atomic mass is 10.1. The lowest BCUT2D eigenvalue weighted by Gasteiger charge is -2.19. The van der Waals surface area contributed by atoms with Crippen LogP contribution in [0, 0.1) is 6.92 Å². The van der Waals surface area contributed by atoms with Crippen molar-refractivity contribution in [3.63, 3.8) is 0 Å². The number of benzene rings is 1. The molecule has 0 N–H and O–H groups in total. The van der Waals surface area contributed by atoms with Crippen LogP contribution in [0.3, 0.4) is 0 Å². The molecule has 0 aliphatic carbocycles. The lowest BCUT2D eigenvalue weighted by Crippen LogP contribution is -2.27. The second-order valence-electron chi connectivity index (χ2n) is 5.51. The average Bonchev–Trinajstić information content (AvgIpc) is 2.54. The Morgan fingerprint density at radius 2 is 1.77 bits per heavy atom. The van der Waals surface area contributed by atoms with Gasteiger partial charge in [-0.15, -0.1) is 0 Å². The molecule has 1 aromatic carbocycles. The quantitative estimate of drug-likeness (QED) is 0.734. The van der Waals surface area contributed by atoms with E-state index in [-0.39, 0.29) is 23.6 Å². The largest absolute Gasteiger partial charge is 0.435 e. The van der Waals surface area contributed by atoms with Crippen LogP contribution in [0.1, 0.15) is 27.3 Å². The monoisotopic (exact) mass is 374 g/mol. The molecule has 0 aliphatic rings. The van der Waals surface area contributed by atoms with E-state index in [4.69, 9.17) is 0 Å². The fraction of sp³-hybridized carbons (Fsp3) is 0.294. The fourth-order valence-corrected chi connectivity index (χ4v) is 2.27. The molecule has 0 spiro atoms. The molecule has 0 unspecified atom stereocenters. The summed E-state index contributed by atoms with van der Waals surface area (Å²) >= 11 is 0. The molecule has 2 aromatic rings. The summed E-state index contributed by atoms with van der Waals surface area (Å²) in [6.07, 6.45) is -4.58. The second-order valence-corrected chi connectivity index (χ2v) is 5.51. The molecule has 140 valence electrons. The number of hydrogen-bond acceptors (Lipinski definition) is 3. The first-order chi connectivity index (χ1) is 12.1. The van der Waals surface area contributed by atoms with Crippen LogP contribution in [0.25, 0.3) is 0 Å². The van der Waals surface area contributed by atoms with Gasteiger partial charge in [0, 0.05) is 13.6 Å². The van der Waals surface area contributed by atoms with Gasteiger partial charge in [0.15, 0.2) is 0 Å². The smallest absolute Gasteiger partial charge is 0.433 e. The minimum atomic E-state index is -4.58. The molecule has 26 heavy (non-hydrogen) atoms. The molecule has 0 radical (unpaired) electrons. The Hall–Kier alpha value is -2.71. The number of aryl methyl sites for hydroxylation is 1. The first-order valence-corrected chi connectivity index (χ1v) is 7.42. The number of rotatable bonds is 5. The predicted octanol–water partition coefficient (Wildman–Crippen LogP) is 4.28. The highest BCUT2D eigenvalue weighted by Gasteiger charge is 2.33. The Balaban J connectivity index is 2.10. The SMILES string of the molecule is Cc1nc(C(F)(F)F)ccc1C(=O)N(C)Cc1ccc(OC(F)F)cc1. The van der Waals surface area contributed by atoms with E-state index in [9.17, 15) is 26.7 Å². The topological polar surface area (TPSA) is 42.4 Å². The number of aromatic nitrogens is 1. The van der Waals surface area contributed by atoms with E-state index in [0.717, 1.165) is 12.1 Å². The van der Waals surface area contributed by atoms with Crippen molar-refractivity contribution in [2.24, 2.45) is 0 Å². The van der Waals surface area contributed by atoms with Gasteiger partial charge in [0.1, 0.15) is 11.4 Å². The summed E-state index contributed by atoms with van der Waals surface area (Å²) in [5, 5.41) is 0. The number of nitrogens with zero attached hydrogens (tertiary/aromatic N) is 2. The molecule has 4 nitrogen and oxygen atoms in total. The van der Waals surface area contributed by atoms with Gasteiger partial charge in [-0.1, -0.05) is 12.1 Å². The van der Waals surface area contributed by atoms with Crippen molar-refractivity contribution in [2.75, 3.05) is 7.05 Å². The van der Waals surface area contributed by atoms with Crippen molar-refractivity contribution in [1.82, 2.24) is 9.88 Å². The zero-order valence-electron chi connectivity index (χ0n) is 13.8. The summed E-state index contributed by atoms with van der Waals surface area (Å²) < 4.78 is 66.4. The van der Waals surface area contributed by atoms with Gasteiger partial charge >= 0.3 is 12.8 Å². The Kier molecular flexibility index (Phi) is 5.79. The molecule has 0 saturated carbocycles. The molecule has 0 atom stereocenters. The lowest BCUT2D eigenvalue weighted by molar-refractivity contribution is -0.141. The van der Waals surface area contributed by atoms with Crippen LogP contribution in [0.15, 0.2) is 36.4 Å². The van der Waals surface area contributed by atoms with Crippen molar-refractivity contribution in [1.29, 1.82) is 0 Å². The maximum Gasteiger partial charge on any atom is 0.433 e. The average molecular weight is 374 g/mol. The molecule has 0 bridgehead atoms. The maximum absolute atomic E-state index is 12.6. The first kappa shape index (κ1) is 19.6. The predicted molar refractivity (Wildman–Crippen MR) is 82.8 cm³/mol. The Morgan fingerprint density at radius 1 is 1.15 bits per heavy atom. The van der Waals surface area contributed by atoms with Crippen LogP contribution in [-0.2, 0) is 12.7 Å². The van der Waals surface area contributed by atoms with Crippen molar-refractivity contribution in [3.8, 4) is 5.75 Å². The van der Waals surface area contributed by atoms with Gasteiger partial charge in [-0.2, -0.15) is 22.0 Å². The number of pyridine rings is 1. The van der Waals surface area contributed by atoms with Crippen LogP contribution in [-0.4, -0.2) is 29.5 Å². The van der Waals surface area contributed by atoms with E-state index >= 15 is 0 Å². The summed E-state index contributed by atoms with van der Waals surface area (Å²) in [4.78, 5) is 17.1. The number of ether oxygens (including phenoxy) is 1. The summed E-state index contributed by atoms with van der Waals surface area (Å²) in [5.74, 6) is -0.517. The van der Waals surface area contributed by atoms with E-state index in [1.807, 2.05) is 0 Å². The molecule has 0 fully saturated rings. The van der Waals surface area contributed by atoms with Crippen LogP contribution < -0.4 is 4.74 Å². The number of carbonyl (C=O) groups is 1. The van der Waals surface area contributed by atoms with Gasteiger partial charge in [0.25, 0.3) is 5.91 Å². The van der Waals surface area contributed by atoms with E-state index in [0.29, 0.717) is 5.56 Å². The minimum absolute atomic E-state index is 0.0134. The highest BCUT2D eigenvalue weighted by molar-refractivity contribution is 5.95. The van der Waals surface area contributed by atoms with Crippen LogP contribution >= 0.6 is 0 Å². The molecular weight excluding hydrogens is 359 g/mol. The number of alkyl halides is 5. The fourth-order valence-electron chi connectivity index (χ4n) is 2.27. The van der Waals surface area contributed by atoms with E-state index < -0.39 is 24.4 Å². The van der Waals surface area contributed by atoms with Crippen LogP contribution in [0.4, 0.5) is 22.0 Å². The Bertz CT molecular complexity index is 776. The van der Waals surface area contributed by atoms with Crippen molar-refractivity contribution in [2.45, 2.75) is 26.3 Å². The Morgan fingerprint density at radius 3 is 2.27 bits per heavy atom. The third kappa shape index (κ3) is 4.90. The third-order valence-electron chi connectivity index (χ3n) is 3.52. The Labute approximate surface area is 146 Å². The zero-order valence-corrected chi connectivity index (χ0v) is 13.8. The number of carbonyl (C=O) groups excluding carboxylic acids is 1. The van der Waals surface area contributed by atoms with E-state index in [1.165, 1.54) is 43.1 Å². The van der Waals surface area contributed by atoms with Gasteiger partial charge in [-0.05, 0) is 36.8 Å². The highest BCUT2D eigenvalue weighted by atomic mass is 19.4. The maximum atomic E-state index is 12.6. The standard InChI is InChI=1S/C17H15F5N2O2/c1-10-13(7-8-14(23-10)17(20,21)22)15(25)24(2)9-11-3-5-12(6-4-11)26-16(18)19/h3-8,16H,9H2,1-2H3. The van der Waals surface area contributed by atoms with Gasteiger partial charge in [-0.25, -0.2) is 4.98 Å². The highest BCUT2D eigenvalue weighted by Crippen LogP contribution is 2.28. The van der Waals surface area contributed by atoms with Gasteiger partial charge in [-0.3, -0.25) is 4.79 Å². The van der Waals surface area contributed by atoms with Gasteiger partial charge in [0.05, 0.1) is 11.3 Å². The first-order valence-electron chi connectivity index (χ1n) is 7.42. The number of amides is 1. The molecule has 0 saturated heterocycles. The molecule has 9 heteroatoms. The minimum Gasteiger partial charge on any atom is -0.435 e. The molecule has 1 heterocycles. The molecular formula is C17H15F5N2O2. The van der Waals surface area contributed by atoms with Crippen molar-refractivity contribution in [3.05, 3.63) is 58.9 Å². The summed E-state index contributed by atoms with van der Waals surface area (Å²) in [7, 11) is 1.48. The van der Waals surface area contributed by atoms with E-state index in [2.05, 4.69) is 9.72 Å². The molecule has 0 aliphatic heterocycles. The second kappa shape index (κ2) is 7.67. The summed E-state index contributed by atoms with van der Waals surface area (Å²) in [5.41, 5.74) is -0.403. The third-order valence-corrected chi connectivity index (χ3v) is 3.52. The van der Waals surface area contributed by atoms with Crippen LogP contribution in [0.5, 0.6) is 5.75 Å². The summed E-state index contributed by atoms with van der Waals surface area (Å²) in [6.45, 7) is -1.47. The molecule has 1 amide bonds. The molecule has 2 rings (SSSR count). The van der Waals surface area contributed by atoms with Gasteiger partial charge in [0.2, 0.25) is 0 Å². The number of halogens is 5.